The van der Waals surface area contributed by atoms with Crippen molar-refractivity contribution in [3.05, 3.63) is 86.1 Å². The lowest BCUT2D eigenvalue weighted by atomic mass is 10.0. The van der Waals surface area contributed by atoms with E-state index in [1.165, 1.54) is 18.2 Å². The SMILES string of the molecule is Cc1c(N)ccc(Br)c1NC(=O)c1cc(NC(=O)[C@H]2[C@H](c3ccc(F)c(C(F)(F)F)c3)C2(Cl)Cl)ccc1Cl. The first-order valence-electron chi connectivity index (χ1n) is 10.8. The minimum absolute atomic E-state index is 0.0295. The Morgan fingerprint density at radius 3 is 2.39 bits per heavy atom. The lowest BCUT2D eigenvalue weighted by molar-refractivity contribution is -0.140. The average Bonchev–Trinajstić information content (AvgIpc) is 3.41. The molecule has 0 aliphatic heterocycles. The molecular formula is C25H17BrCl3F4N3O2. The maximum atomic E-state index is 13.7. The van der Waals surface area contributed by atoms with E-state index >= 15 is 0 Å². The van der Waals surface area contributed by atoms with Gasteiger partial charge in [0, 0.05) is 21.8 Å². The van der Waals surface area contributed by atoms with Gasteiger partial charge in [-0.25, -0.2) is 4.39 Å². The molecule has 4 rings (SSSR count). The van der Waals surface area contributed by atoms with Gasteiger partial charge in [0.05, 0.1) is 27.8 Å². The van der Waals surface area contributed by atoms with Crippen molar-refractivity contribution in [3.63, 3.8) is 0 Å². The van der Waals surface area contributed by atoms with Crippen molar-refractivity contribution in [1.82, 2.24) is 0 Å². The van der Waals surface area contributed by atoms with E-state index in [-0.39, 0.29) is 21.8 Å². The van der Waals surface area contributed by atoms with Gasteiger partial charge in [0.15, 0.2) is 0 Å². The topological polar surface area (TPSA) is 84.2 Å². The molecule has 0 saturated heterocycles. The summed E-state index contributed by atoms with van der Waals surface area (Å²) < 4.78 is 52.0. The summed E-state index contributed by atoms with van der Waals surface area (Å²) in [4.78, 5) is 26.0. The number of hydrogen-bond donors (Lipinski definition) is 3. The normalized spacial score (nSPS) is 18.1. The highest BCUT2D eigenvalue weighted by atomic mass is 79.9. The van der Waals surface area contributed by atoms with Gasteiger partial charge in [0.2, 0.25) is 5.91 Å². The van der Waals surface area contributed by atoms with Gasteiger partial charge in [-0.15, -0.1) is 23.2 Å². The second kappa shape index (κ2) is 10.2. The van der Waals surface area contributed by atoms with Gasteiger partial charge < -0.3 is 16.4 Å². The van der Waals surface area contributed by atoms with Gasteiger partial charge in [0.25, 0.3) is 5.91 Å². The van der Waals surface area contributed by atoms with Gasteiger partial charge in [-0.1, -0.05) is 17.7 Å². The van der Waals surface area contributed by atoms with E-state index in [2.05, 4.69) is 26.6 Å². The van der Waals surface area contributed by atoms with Crippen LogP contribution in [0.5, 0.6) is 0 Å². The molecule has 0 heterocycles. The first-order valence-corrected chi connectivity index (χ1v) is 12.8. The molecule has 4 N–H and O–H groups in total. The van der Waals surface area contributed by atoms with Crippen LogP contribution < -0.4 is 16.4 Å². The van der Waals surface area contributed by atoms with Crippen LogP contribution >= 0.6 is 50.7 Å². The molecule has 38 heavy (non-hydrogen) atoms. The van der Waals surface area contributed by atoms with Crippen LogP contribution in [-0.2, 0) is 11.0 Å². The monoisotopic (exact) mass is 651 g/mol. The summed E-state index contributed by atoms with van der Waals surface area (Å²) >= 11 is 22.1. The molecular weight excluding hydrogens is 637 g/mol. The Hall–Kier alpha value is -2.53. The summed E-state index contributed by atoms with van der Waals surface area (Å²) in [5, 5.41) is 5.38. The van der Waals surface area contributed by atoms with E-state index in [1.807, 2.05) is 0 Å². The number of anilines is 3. The van der Waals surface area contributed by atoms with Crippen LogP contribution in [0.1, 0.15) is 33.0 Å². The Morgan fingerprint density at radius 1 is 1.05 bits per heavy atom. The van der Waals surface area contributed by atoms with Crippen LogP contribution in [0.2, 0.25) is 5.02 Å². The third-order valence-electron chi connectivity index (χ3n) is 6.16. The molecule has 2 atom stereocenters. The molecule has 3 aromatic rings. The van der Waals surface area contributed by atoms with Crippen LogP contribution in [0.3, 0.4) is 0 Å². The average molecular weight is 654 g/mol. The van der Waals surface area contributed by atoms with Crippen LogP contribution in [0, 0.1) is 18.7 Å². The summed E-state index contributed by atoms with van der Waals surface area (Å²) in [5.74, 6) is -4.91. The van der Waals surface area contributed by atoms with Crippen LogP contribution in [0.15, 0.2) is 53.0 Å². The highest BCUT2D eigenvalue weighted by molar-refractivity contribution is 9.10. The molecule has 1 fully saturated rings. The zero-order chi connectivity index (χ0) is 28.2. The van der Waals surface area contributed by atoms with E-state index in [4.69, 9.17) is 40.5 Å². The fraction of sp³-hybridized carbons (Fsp3) is 0.200. The standard InChI is InChI=1S/C25H17BrCl3F4N3O2/c1-10-18(34)7-4-15(26)21(10)36-22(37)13-9-12(3-5-16(13)27)35-23(38)20-19(24(20,28)29)11-2-6-17(30)14(8-11)25(31,32)33/h2-9,19-20H,34H2,1H3,(H,35,38)(H,36,37)/t19-,20+/m0/s1. The van der Waals surface area contributed by atoms with Crippen LogP contribution in [-0.4, -0.2) is 16.1 Å². The van der Waals surface area contributed by atoms with Gasteiger partial charge in [-0.3, -0.25) is 9.59 Å². The molecule has 1 saturated carbocycles. The Bertz CT molecular complexity index is 1470. The molecule has 1 aliphatic rings. The smallest absolute Gasteiger partial charge is 0.398 e. The number of benzene rings is 3. The number of nitrogen functional groups attached to an aromatic ring is 1. The van der Waals surface area contributed by atoms with E-state index in [0.717, 1.165) is 6.07 Å². The second-order valence-corrected chi connectivity index (χ2v) is 11.3. The van der Waals surface area contributed by atoms with Crippen LogP contribution in [0.25, 0.3) is 0 Å². The number of nitrogens with two attached hydrogens (primary N) is 1. The minimum atomic E-state index is -4.94. The molecule has 0 bridgehead atoms. The van der Waals surface area contributed by atoms with Crippen molar-refractivity contribution in [2.24, 2.45) is 5.92 Å². The first-order chi connectivity index (χ1) is 17.6. The van der Waals surface area contributed by atoms with Crippen molar-refractivity contribution in [2.45, 2.75) is 23.4 Å². The number of rotatable bonds is 5. The lowest BCUT2D eigenvalue weighted by Crippen LogP contribution is -2.18. The van der Waals surface area contributed by atoms with Crippen molar-refractivity contribution < 1.29 is 27.2 Å². The van der Waals surface area contributed by atoms with Crippen molar-refractivity contribution in [2.75, 3.05) is 16.4 Å². The van der Waals surface area contributed by atoms with E-state index in [9.17, 15) is 27.2 Å². The Kier molecular flexibility index (Phi) is 7.66. The van der Waals surface area contributed by atoms with E-state index in [0.29, 0.717) is 33.5 Å². The fourth-order valence-corrected chi connectivity index (χ4v) is 5.61. The number of carbonyl (C=O) groups excluding carboxylic acids is 2. The third-order valence-corrected chi connectivity index (χ3v) is 8.09. The maximum Gasteiger partial charge on any atom is 0.419 e. The molecule has 0 radical (unpaired) electrons. The zero-order valence-corrected chi connectivity index (χ0v) is 23.0. The van der Waals surface area contributed by atoms with Gasteiger partial charge >= 0.3 is 6.18 Å². The second-order valence-electron chi connectivity index (χ2n) is 8.64. The maximum absolute atomic E-state index is 13.7. The molecule has 2 amide bonds. The molecule has 200 valence electrons. The molecule has 0 spiro atoms. The number of hydrogen-bond acceptors (Lipinski definition) is 3. The van der Waals surface area contributed by atoms with Gasteiger partial charge in [-0.2, -0.15) is 13.2 Å². The molecule has 1 aliphatic carbocycles. The van der Waals surface area contributed by atoms with Gasteiger partial charge in [-0.05, 0) is 76.4 Å². The predicted octanol–water partition coefficient (Wildman–Crippen LogP) is 7.93. The highest BCUT2D eigenvalue weighted by Crippen LogP contribution is 2.65. The van der Waals surface area contributed by atoms with Crippen molar-refractivity contribution in [3.8, 4) is 0 Å². The summed E-state index contributed by atoms with van der Waals surface area (Å²) in [6, 6.07) is 9.84. The quantitative estimate of drug-likeness (QED) is 0.149. The Labute approximate surface area is 237 Å². The number of halogens is 8. The number of amides is 2. The van der Waals surface area contributed by atoms with E-state index in [1.54, 1.807) is 19.1 Å². The highest BCUT2D eigenvalue weighted by Gasteiger charge is 2.67. The summed E-state index contributed by atoms with van der Waals surface area (Å²) in [7, 11) is 0. The first kappa shape index (κ1) is 28.5. The molecule has 0 unspecified atom stereocenters. The summed E-state index contributed by atoms with van der Waals surface area (Å²) in [5.41, 5.74) is 6.11. The molecule has 0 aromatic heterocycles. The molecule has 13 heteroatoms. The number of carbonyl (C=O) groups is 2. The molecule has 3 aromatic carbocycles. The van der Waals surface area contributed by atoms with Crippen molar-refractivity contribution >= 4 is 79.6 Å². The minimum Gasteiger partial charge on any atom is -0.398 e. The fourth-order valence-electron chi connectivity index (χ4n) is 4.05. The molecule has 5 nitrogen and oxygen atoms in total. The van der Waals surface area contributed by atoms with Crippen LogP contribution in [0.4, 0.5) is 34.6 Å². The predicted molar refractivity (Wildman–Crippen MR) is 143 cm³/mol. The van der Waals surface area contributed by atoms with Gasteiger partial charge in [0.1, 0.15) is 10.2 Å². The zero-order valence-electron chi connectivity index (χ0n) is 19.2. The summed E-state index contributed by atoms with van der Waals surface area (Å²) in [6.07, 6.45) is -4.94. The van der Waals surface area contributed by atoms with E-state index < -0.39 is 45.5 Å². The van der Waals surface area contributed by atoms with Crippen molar-refractivity contribution in [1.29, 1.82) is 0 Å². The largest absolute Gasteiger partial charge is 0.419 e. The Morgan fingerprint density at radius 2 is 1.74 bits per heavy atom. The third kappa shape index (κ3) is 5.45. The summed E-state index contributed by atoms with van der Waals surface area (Å²) in [6.45, 7) is 1.73. The Balaban J connectivity index is 1.55. The number of alkyl halides is 5. The lowest BCUT2D eigenvalue weighted by Gasteiger charge is -2.14. The number of nitrogens with one attached hydrogen (secondary N) is 2.